The molecule has 0 bridgehead atoms. The first-order valence-electron chi connectivity index (χ1n) is 6.25. The van der Waals surface area contributed by atoms with Crippen molar-refractivity contribution in [2.24, 2.45) is 0 Å². The van der Waals surface area contributed by atoms with E-state index in [0.29, 0.717) is 24.2 Å². The van der Waals surface area contributed by atoms with Crippen LogP contribution in [0.4, 0.5) is 0 Å². The van der Waals surface area contributed by atoms with Crippen LogP contribution in [0.5, 0.6) is 0 Å². The Hall–Kier alpha value is -1.36. The lowest BCUT2D eigenvalue weighted by Crippen LogP contribution is -2.53. The van der Waals surface area contributed by atoms with Crippen molar-refractivity contribution in [2.75, 3.05) is 7.11 Å². The first-order chi connectivity index (χ1) is 8.97. The second-order valence-corrected chi connectivity index (χ2v) is 5.20. The Balaban J connectivity index is 2.45. The summed E-state index contributed by atoms with van der Waals surface area (Å²) >= 11 is 0. The first kappa shape index (κ1) is 14.1. The highest BCUT2D eigenvalue weighted by atomic mass is 16.5. The van der Waals surface area contributed by atoms with E-state index in [1.807, 2.05) is 0 Å². The molecule has 3 atom stereocenters. The van der Waals surface area contributed by atoms with Gasteiger partial charge in [0.05, 0.1) is 11.9 Å². The van der Waals surface area contributed by atoms with Gasteiger partial charge >= 0.3 is 0 Å². The molecule has 0 aromatic carbocycles. The van der Waals surface area contributed by atoms with Gasteiger partial charge in [-0.2, -0.15) is 0 Å². The van der Waals surface area contributed by atoms with Crippen LogP contribution >= 0.6 is 0 Å². The quantitative estimate of drug-likeness (QED) is 0.818. The average molecular weight is 264 g/mol. The van der Waals surface area contributed by atoms with Crippen LogP contribution in [0.15, 0.2) is 47.6 Å². The molecule has 1 aromatic rings. The summed E-state index contributed by atoms with van der Waals surface area (Å²) in [6, 6.07) is 3.46. The number of methoxy groups -OCH3 is 1. The third kappa shape index (κ3) is 2.27. The minimum atomic E-state index is -1.10. The molecule has 1 saturated carbocycles. The molecule has 4 nitrogen and oxygen atoms in total. The van der Waals surface area contributed by atoms with E-state index >= 15 is 0 Å². The second-order valence-electron chi connectivity index (χ2n) is 5.20. The van der Waals surface area contributed by atoms with Gasteiger partial charge in [-0.1, -0.05) is 12.7 Å². The topological polar surface area (TPSA) is 62.8 Å². The van der Waals surface area contributed by atoms with E-state index < -0.39 is 17.3 Å². The van der Waals surface area contributed by atoms with Gasteiger partial charge in [0.25, 0.3) is 0 Å². The van der Waals surface area contributed by atoms with Gasteiger partial charge in [0.1, 0.15) is 11.9 Å². The number of hydrogen-bond donors (Lipinski definition) is 2. The third-order valence-corrected chi connectivity index (χ3v) is 3.80. The predicted octanol–water partition coefficient (Wildman–Crippen LogP) is 2.14. The van der Waals surface area contributed by atoms with Gasteiger partial charge in [0.2, 0.25) is 0 Å². The Morgan fingerprint density at radius 3 is 2.89 bits per heavy atom. The highest BCUT2D eigenvalue weighted by molar-refractivity contribution is 5.27. The van der Waals surface area contributed by atoms with Gasteiger partial charge in [-0.3, -0.25) is 0 Å². The maximum absolute atomic E-state index is 10.7. The van der Waals surface area contributed by atoms with Gasteiger partial charge in [0.15, 0.2) is 5.60 Å². The number of hydrogen-bond acceptors (Lipinski definition) is 4. The Bertz CT molecular complexity index is 464. The maximum atomic E-state index is 10.7. The largest absolute Gasteiger partial charge is 0.466 e. The van der Waals surface area contributed by atoms with E-state index in [9.17, 15) is 10.2 Å². The van der Waals surface area contributed by atoms with Crippen molar-refractivity contribution >= 4 is 0 Å². The van der Waals surface area contributed by atoms with Crippen LogP contribution < -0.4 is 0 Å². The van der Waals surface area contributed by atoms with E-state index in [2.05, 4.69) is 13.2 Å². The molecule has 4 heteroatoms. The average Bonchev–Trinajstić information content (AvgIpc) is 2.88. The van der Waals surface area contributed by atoms with E-state index in [4.69, 9.17) is 9.15 Å². The zero-order chi connectivity index (χ0) is 14.1. The highest BCUT2D eigenvalue weighted by Gasteiger charge is 2.53. The number of ether oxygens (including phenoxy) is 1. The molecule has 1 aromatic heterocycles. The molecule has 0 amide bonds. The Labute approximate surface area is 113 Å². The monoisotopic (exact) mass is 264 g/mol. The van der Waals surface area contributed by atoms with Crippen LogP contribution in [0, 0.1) is 0 Å². The zero-order valence-corrected chi connectivity index (χ0v) is 11.1. The molecule has 0 aliphatic heterocycles. The van der Waals surface area contributed by atoms with Crippen molar-refractivity contribution in [3.8, 4) is 0 Å². The fourth-order valence-corrected chi connectivity index (χ4v) is 2.94. The maximum Gasteiger partial charge on any atom is 0.157 e. The second kappa shape index (κ2) is 4.96. The summed E-state index contributed by atoms with van der Waals surface area (Å²) in [5.74, 6) is 0.492. The molecule has 1 fully saturated rings. The van der Waals surface area contributed by atoms with E-state index in [-0.39, 0.29) is 6.42 Å². The molecule has 19 heavy (non-hydrogen) atoms. The summed E-state index contributed by atoms with van der Waals surface area (Å²) in [5, 5.41) is 21.1. The van der Waals surface area contributed by atoms with Crippen LogP contribution in [-0.2, 0) is 10.3 Å². The van der Waals surface area contributed by atoms with Crippen LogP contribution in [0.25, 0.3) is 0 Å². The van der Waals surface area contributed by atoms with E-state index in [1.54, 1.807) is 18.2 Å². The molecule has 2 rings (SSSR count). The van der Waals surface area contributed by atoms with E-state index in [0.717, 1.165) is 0 Å². The van der Waals surface area contributed by atoms with Gasteiger partial charge in [-0.25, -0.2) is 0 Å². The predicted molar refractivity (Wildman–Crippen MR) is 71.5 cm³/mol. The summed E-state index contributed by atoms with van der Waals surface area (Å²) in [4.78, 5) is 0. The van der Waals surface area contributed by atoms with Crippen molar-refractivity contribution in [1.82, 2.24) is 0 Å². The summed E-state index contributed by atoms with van der Waals surface area (Å²) < 4.78 is 10.9. The molecular weight excluding hydrogens is 244 g/mol. The number of rotatable bonds is 4. The molecule has 0 spiro atoms. The third-order valence-electron chi connectivity index (χ3n) is 3.80. The van der Waals surface area contributed by atoms with E-state index in [1.165, 1.54) is 13.4 Å². The normalized spacial score (nSPS) is 35.3. The Morgan fingerprint density at radius 2 is 2.37 bits per heavy atom. The summed E-state index contributed by atoms with van der Waals surface area (Å²) in [7, 11) is 1.50. The number of furan rings is 1. The fourth-order valence-electron chi connectivity index (χ4n) is 2.94. The summed E-state index contributed by atoms with van der Waals surface area (Å²) in [6.45, 7) is 7.52. The minimum Gasteiger partial charge on any atom is -0.466 e. The van der Waals surface area contributed by atoms with Gasteiger partial charge in [-0.15, -0.1) is 6.58 Å². The SMILES string of the molecule is C=CC[C@@]1(O)CC(=C)[C@H](O)[C@@](OC)(c2ccco2)C1. The lowest BCUT2D eigenvalue weighted by Gasteiger charge is -2.47. The van der Waals surface area contributed by atoms with Crippen molar-refractivity contribution in [2.45, 2.75) is 36.6 Å². The Morgan fingerprint density at radius 1 is 1.63 bits per heavy atom. The molecule has 1 aliphatic rings. The van der Waals surface area contributed by atoms with Gasteiger partial charge in [0, 0.05) is 13.5 Å². The summed E-state index contributed by atoms with van der Waals surface area (Å²) in [6.07, 6.45) is 3.24. The number of aliphatic hydroxyl groups is 2. The van der Waals surface area contributed by atoms with Crippen molar-refractivity contribution in [3.05, 3.63) is 49.0 Å². The number of aliphatic hydroxyl groups excluding tert-OH is 1. The molecule has 1 heterocycles. The fraction of sp³-hybridized carbons (Fsp3) is 0.467. The molecule has 104 valence electrons. The molecule has 0 radical (unpaired) electrons. The lowest BCUT2D eigenvalue weighted by molar-refractivity contribution is -0.170. The molecular formula is C15H20O4. The molecule has 1 aliphatic carbocycles. The molecule has 2 N–H and O–H groups in total. The van der Waals surface area contributed by atoms with Gasteiger partial charge in [-0.05, 0) is 30.5 Å². The zero-order valence-electron chi connectivity index (χ0n) is 11.1. The van der Waals surface area contributed by atoms with Gasteiger partial charge < -0.3 is 19.4 Å². The lowest BCUT2D eigenvalue weighted by atomic mass is 9.69. The van der Waals surface area contributed by atoms with Crippen LogP contribution in [0.1, 0.15) is 25.0 Å². The molecule has 0 saturated heterocycles. The minimum absolute atomic E-state index is 0.232. The van der Waals surface area contributed by atoms with Crippen LogP contribution in [-0.4, -0.2) is 29.0 Å². The molecule has 0 unspecified atom stereocenters. The summed E-state index contributed by atoms with van der Waals surface area (Å²) in [5.41, 5.74) is -1.59. The van der Waals surface area contributed by atoms with Crippen molar-refractivity contribution in [3.63, 3.8) is 0 Å². The smallest absolute Gasteiger partial charge is 0.157 e. The van der Waals surface area contributed by atoms with Crippen LogP contribution in [0.3, 0.4) is 0 Å². The van der Waals surface area contributed by atoms with Crippen molar-refractivity contribution in [1.29, 1.82) is 0 Å². The van der Waals surface area contributed by atoms with Crippen LogP contribution in [0.2, 0.25) is 0 Å². The van der Waals surface area contributed by atoms with Crippen molar-refractivity contribution < 1.29 is 19.4 Å². The standard InChI is InChI=1S/C15H20O4/c1-4-7-14(17)9-11(2)13(16)15(10-14,18-3)12-6-5-8-19-12/h4-6,8,13,16-17H,1-2,7,9-10H2,3H3/t13-,14+,15-/m0/s1. The Kier molecular flexibility index (Phi) is 3.67. The first-order valence-corrected chi connectivity index (χ1v) is 6.25. The highest BCUT2D eigenvalue weighted by Crippen LogP contribution is 2.47.